The minimum Gasteiger partial charge on any atom is -0.462 e. The van der Waals surface area contributed by atoms with Crippen LogP contribution < -0.4 is 10.6 Å². The van der Waals surface area contributed by atoms with Crippen LogP contribution in [0.4, 0.5) is 13.2 Å². The van der Waals surface area contributed by atoms with E-state index in [0.29, 0.717) is 6.61 Å². The van der Waals surface area contributed by atoms with E-state index < -0.39 is 49.6 Å². The van der Waals surface area contributed by atoms with E-state index in [9.17, 15) is 27.6 Å². The van der Waals surface area contributed by atoms with Gasteiger partial charge in [0, 0.05) is 19.6 Å². The Kier molecular flexibility index (Phi) is 12.2. The third kappa shape index (κ3) is 13.3. The summed E-state index contributed by atoms with van der Waals surface area (Å²) in [5.41, 5.74) is 0.857. The molecule has 1 aromatic rings. The quantitative estimate of drug-likeness (QED) is 0.330. The van der Waals surface area contributed by atoms with Gasteiger partial charge in [0.2, 0.25) is 5.91 Å². The Morgan fingerprint density at radius 2 is 1.74 bits per heavy atom. The van der Waals surface area contributed by atoms with E-state index in [-0.39, 0.29) is 26.2 Å². The second-order valence-corrected chi connectivity index (χ2v) is 6.37. The Bertz CT molecular complexity index is 685. The topological polar surface area (TPSA) is 103 Å². The van der Waals surface area contributed by atoms with Gasteiger partial charge in [0.05, 0.1) is 12.6 Å². The van der Waals surface area contributed by atoms with Crippen molar-refractivity contribution in [2.24, 2.45) is 0 Å². The smallest absolute Gasteiger partial charge is 0.422 e. The van der Waals surface area contributed by atoms with Gasteiger partial charge < -0.3 is 24.8 Å². The lowest BCUT2D eigenvalue weighted by Crippen LogP contribution is -2.46. The summed E-state index contributed by atoms with van der Waals surface area (Å²) in [4.78, 5) is 35.7. The summed E-state index contributed by atoms with van der Waals surface area (Å²) in [5.74, 6) is -2.34. The first-order chi connectivity index (χ1) is 14.7. The maximum Gasteiger partial charge on any atom is 0.422 e. The SMILES string of the molecule is CCOCCOC(=O)CNC(=O)C(CCC(=O)OCC(F)(F)F)NCc1ccccc1. The number of alkyl halides is 3. The van der Waals surface area contributed by atoms with Crippen molar-refractivity contribution in [1.29, 1.82) is 0 Å². The summed E-state index contributed by atoms with van der Waals surface area (Å²) >= 11 is 0. The number of hydrogen-bond donors (Lipinski definition) is 2. The molecule has 1 amide bonds. The number of carbonyl (C=O) groups excluding carboxylic acids is 3. The molecule has 1 unspecified atom stereocenters. The van der Waals surface area contributed by atoms with Gasteiger partial charge in [-0.2, -0.15) is 13.2 Å². The normalized spacial score (nSPS) is 12.1. The van der Waals surface area contributed by atoms with E-state index in [1.165, 1.54) is 0 Å². The van der Waals surface area contributed by atoms with E-state index in [1.54, 1.807) is 19.1 Å². The Labute approximate surface area is 178 Å². The predicted octanol–water partition coefficient (Wildman–Crippen LogP) is 1.73. The van der Waals surface area contributed by atoms with Crippen molar-refractivity contribution in [3.05, 3.63) is 35.9 Å². The molecule has 0 aliphatic rings. The fraction of sp³-hybridized carbons (Fsp3) is 0.550. The third-order valence-corrected chi connectivity index (χ3v) is 3.85. The van der Waals surface area contributed by atoms with Gasteiger partial charge >= 0.3 is 18.1 Å². The molecule has 0 saturated heterocycles. The average Bonchev–Trinajstić information content (AvgIpc) is 2.74. The van der Waals surface area contributed by atoms with E-state index in [1.807, 2.05) is 18.2 Å². The van der Waals surface area contributed by atoms with Crippen LogP contribution >= 0.6 is 0 Å². The van der Waals surface area contributed by atoms with Crippen LogP contribution in [-0.2, 0) is 35.1 Å². The average molecular weight is 448 g/mol. The molecule has 0 radical (unpaired) electrons. The number of rotatable bonds is 14. The van der Waals surface area contributed by atoms with E-state index >= 15 is 0 Å². The lowest BCUT2D eigenvalue weighted by Gasteiger charge is -2.18. The molecule has 0 saturated carbocycles. The van der Waals surface area contributed by atoms with E-state index in [2.05, 4.69) is 15.4 Å². The van der Waals surface area contributed by atoms with Crippen LogP contribution in [0.2, 0.25) is 0 Å². The Hall–Kier alpha value is -2.66. The van der Waals surface area contributed by atoms with E-state index in [4.69, 9.17) is 9.47 Å². The second kappa shape index (κ2) is 14.4. The number of nitrogens with one attached hydrogen (secondary N) is 2. The molecule has 0 aliphatic carbocycles. The van der Waals surface area contributed by atoms with Gasteiger partial charge in [0.25, 0.3) is 0 Å². The van der Waals surface area contributed by atoms with Gasteiger partial charge in [-0.15, -0.1) is 0 Å². The summed E-state index contributed by atoms with van der Waals surface area (Å²) in [6, 6.07) is 8.12. The van der Waals surface area contributed by atoms with Crippen molar-refractivity contribution in [2.45, 2.75) is 38.5 Å². The zero-order valence-corrected chi connectivity index (χ0v) is 17.2. The number of hydrogen-bond acceptors (Lipinski definition) is 7. The van der Waals surface area contributed by atoms with Crippen molar-refractivity contribution in [3.8, 4) is 0 Å². The number of amides is 1. The van der Waals surface area contributed by atoms with Crippen molar-refractivity contribution in [1.82, 2.24) is 10.6 Å². The monoisotopic (exact) mass is 448 g/mol. The largest absolute Gasteiger partial charge is 0.462 e. The Morgan fingerprint density at radius 3 is 2.39 bits per heavy atom. The maximum atomic E-state index is 12.4. The fourth-order valence-electron chi connectivity index (χ4n) is 2.35. The highest BCUT2D eigenvalue weighted by atomic mass is 19.4. The predicted molar refractivity (Wildman–Crippen MR) is 104 cm³/mol. The minimum atomic E-state index is -4.62. The molecule has 8 nitrogen and oxygen atoms in total. The Morgan fingerprint density at radius 1 is 1.03 bits per heavy atom. The summed E-state index contributed by atoms with van der Waals surface area (Å²) in [7, 11) is 0. The van der Waals surface area contributed by atoms with Gasteiger partial charge in [-0.25, -0.2) is 0 Å². The molecule has 31 heavy (non-hydrogen) atoms. The van der Waals surface area contributed by atoms with Crippen LogP contribution in [0.5, 0.6) is 0 Å². The van der Waals surface area contributed by atoms with Crippen LogP contribution in [0, 0.1) is 0 Å². The van der Waals surface area contributed by atoms with Gasteiger partial charge in [-0.05, 0) is 18.9 Å². The zero-order chi connectivity index (χ0) is 23.1. The first-order valence-electron chi connectivity index (χ1n) is 9.72. The van der Waals surface area contributed by atoms with Crippen LogP contribution in [0.1, 0.15) is 25.3 Å². The molecule has 11 heteroatoms. The number of ether oxygens (including phenoxy) is 3. The first-order valence-corrected chi connectivity index (χ1v) is 9.72. The first kappa shape index (κ1) is 26.4. The Balaban J connectivity index is 2.54. The molecule has 1 atom stereocenters. The molecule has 1 aromatic carbocycles. The molecule has 0 aliphatic heterocycles. The molecule has 0 fully saturated rings. The molecule has 174 valence electrons. The molecule has 2 N–H and O–H groups in total. The number of esters is 2. The molecule has 0 aromatic heterocycles. The van der Waals surface area contributed by atoms with Crippen molar-refractivity contribution in [3.63, 3.8) is 0 Å². The lowest BCUT2D eigenvalue weighted by atomic mass is 10.1. The highest BCUT2D eigenvalue weighted by Crippen LogP contribution is 2.15. The lowest BCUT2D eigenvalue weighted by molar-refractivity contribution is -0.186. The van der Waals surface area contributed by atoms with Gasteiger partial charge in [0.15, 0.2) is 6.61 Å². The summed E-state index contributed by atoms with van der Waals surface area (Å²) < 4.78 is 50.5. The van der Waals surface area contributed by atoms with E-state index in [0.717, 1.165) is 5.56 Å². The molecule has 0 spiro atoms. The van der Waals surface area contributed by atoms with Crippen LogP contribution in [0.15, 0.2) is 30.3 Å². The fourth-order valence-corrected chi connectivity index (χ4v) is 2.35. The van der Waals surface area contributed by atoms with Gasteiger partial charge in [0.1, 0.15) is 13.2 Å². The van der Waals surface area contributed by atoms with Crippen LogP contribution in [-0.4, -0.2) is 63.0 Å². The highest BCUT2D eigenvalue weighted by molar-refractivity contribution is 5.86. The zero-order valence-electron chi connectivity index (χ0n) is 17.2. The van der Waals surface area contributed by atoms with Gasteiger partial charge in [-0.3, -0.25) is 14.4 Å². The molecular weight excluding hydrogens is 421 g/mol. The van der Waals surface area contributed by atoms with Crippen LogP contribution in [0.25, 0.3) is 0 Å². The van der Waals surface area contributed by atoms with Gasteiger partial charge in [-0.1, -0.05) is 30.3 Å². The maximum absolute atomic E-state index is 12.4. The third-order valence-electron chi connectivity index (χ3n) is 3.85. The van der Waals surface area contributed by atoms with Crippen molar-refractivity contribution < 1.29 is 41.8 Å². The number of benzene rings is 1. The molecule has 0 heterocycles. The van der Waals surface area contributed by atoms with Crippen LogP contribution in [0.3, 0.4) is 0 Å². The minimum absolute atomic E-state index is 0.0449. The molecular formula is C20H27F3N2O6. The summed E-state index contributed by atoms with van der Waals surface area (Å²) in [6.07, 6.45) is -5.15. The second-order valence-electron chi connectivity index (χ2n) is 6.37. The number of halogens is 3. The summed E-state index contributed by atoms with van der Waals surface area (Å²) in [5, 5.41) is 5.32. The van der Waals surface area contributed by atoms with Crippen molar-refractivity contribution >= 4 is 17.8 Å². The standard InChI is InChI=1S/C20H27F3N2O6/c1-2-29-10-11-30-18(27)13-25-19(28)16(24-12-15-6-4-3-5-7-15)8-9-17(26)31-14-20(21,22)23/h3-7,16,24H,2,8-14H2,1H3,(H,25,28). The number of carbonyl (C=O) groups is 3. The highest BCUT2D eigenvalue weighted by Gasteiger charge is 2.30. The molecule has 0 bridgehead atoms. The molecule has 1 rings (SSSR count). The van der Waals surface area contributed by atoms with Crippen molar-refractivity contribution in [2.75, 3.05) is 33.0 Å². The summed E-state index contributed by atoms with van der Waals surface area (Å²) in [6.45, 7) is 0.745.